The SMILES string of the molecule is CCCCCCCCCCCCCCCCCCN(C)c1ccc(C(=O)O)cc1NC(=O)CC(=O)c1ccc(O)cc1. The molecule has 0 saturated carbocycles. The van der Waals surface area contributed by atoms with Crippen LogP contribution in [0.25, 0.3) is 0 Å². The molecule has 0 spiro atoms. The quantitative estimate of drug-likeness (QED) is 0.0688. The number of hydrogen-bond acceptors (Lipinski definition) is 5. The normalized spacial score (nSPS) is 10.9. The first-order valence-corrected chi connectivity index (χ1v) is 16.0. The van der Waals surface area contributed by atoms with E-state index in [1.54, 1.807) is 6.07 Å². The molecule has 232 valence electrons. The fourth-order valence-corrected chi connectivity index (χ4v) is 5.21. The number of aromatic hydroxyl groups is 1. The molecule has 0 unspecified atom stereocenters. The van der Waals surface area contributed by atoms with Crippen molar-refractivity contribution in [3.8, 4) is 5.75 Å². The fourth-order valence-electron chi connectivity index (χ4n) is 5.21. The van der Waals surface area contributed by atoms with Gasteiger partial charge in [-0.25, -0.2) is 4.79 Å². The van der Waals surface area contributed by atoms with Gasteiger partial charge < -0.3 is 20.4 Å². The van der Waals surface area contributed by atoms with E-state index in [1.165, 1.54) is 126 Å². The Balaban J connectivity index is 1.69. The van der Waals surface area contributed by atoms with E-state index in [1.807, 2.05) is 11.9 Å². The Morgan fingerprint density at radius 2 is 1.17 bits per heavy atom. The van der Waals surface area contributed by atoms with Gasteiger partial charge in [-0.15, -0.1) is 0 Å². The zero-order valence-electron chi connectivity index (χ0n) is 25.8. The Labute approximate surface area is 252 Å². The number of Topliss-reactive ketones (excluding diaryl/α,β-unsaturated/α-hetero) is 1. The number of nitrogens with zero attached hydrogens (tertiary/aromatic N) is 1. The number of amides is 1. The third kappa shape index (κ3) is 14.0. The largest absolute Gasteiger partial charge is 0.508 e. The van der Waals surface area contributed by atoms with Gasteiger partial charge in [-0.3, -0.25) is 9.59 Å². The van der Waals surface area contributed by atoms with Gasteiger partial charge in [0.2, 0.25) is 5.91 Å². The van der Waals surface area contributed by atoms with Crippen LogP contribution in [-0.4, -0.2) is 41.5 Å². The monoisotopic (exact) mass is 580 g/mol. The number of rotatable bonds is 23. The minimum absolute atomic E-state index is 0.0403. The number of phenolic OH excluding ortho intramolecular Hbond substituents is 1. The minimum Gasteiger partial charge on any atom is -0.508 e. The number of phenols is 1. The molecule has 0 aliphatic heterocycles. The molecule has 7 nitrogen and oxygen atoms in total. The number of carbonyl (C=O) groups is 3. The number of carboxylic acid groups (broad SMARTS) is 1. The van der Waals surface area contributed by atoms with Gasteiger partial charge in [-0.05, 0) is 48.9 Å². The van der Waals surface area contributed by atoms with Crippen LogP contribution in [0.3, 0.4) is 0 Å². The third-order valence-electron chi connectivity index (χ3n) is 7.79. The number of benzene rings is 2. The first kappa shape index (κ1) is 34.8. The smallest absolute Gasteiger partial charge is 0.335 e. The number of hydrogen-bond donors (Lipinski definition) is 3. The summed E-state index contributed by atoms with van der Waals surface area (Å²) in [7, 11) is 1.93. The summed E-state index contributed by atoms with van der Waals surface area (Å²) in [6.45, 7) is 3.04. The standard InChI is InChI=1S/C35H52N2O5/c1-3-4-5-6-7-8-9-10-11-12-13-14-15-16-17-18-25-37(2)32-24-21-29(35(41)42)26-31(32)36-34(40)27-33(39)28-19-22-30(38)23-20-28/h19-24,26,38H,3-18,25,27H2,1-2H3,(H,36,40)(H,41,42). The molecule has 3 N–H and O–H groups in total. The Bertz CT molecular complexity index is 1080. The number of unbranched alkanes of at least 4 members (excludes halogenated alkanes) is 15. The highest BCUT2D eigenvalue weighted by Crippen LogP contribution is 2.28. The molecule has 2 aromatic rings. The number of anilines is 2. The molecule has 2 aromatic carbocycles. The highest BCUT2D eigenvalue weighted by atomic mass is 16.4. The molecule has 0 atom stereocenters. The van der Waals surface area contributed by atoms with E-state index in [0.29, 0.717) is 16.9 Å². The molecule has 7 heteroatoms. The average Bonchev–Trinajstić information content (AvgIpc) is 2.97. The second-order valence-electron chi connectivity index (χ2n) is 11.5. The van der Waals surface area contributed by atoms with Crippen molar-refractivity contribution in [2.24, 2.45) is 0 Å². The van der Waals surface area contributed by atoms with Crippen LogP contribution in [0.4, 0.5) is 11.4 Å². The molecule has 0 aromatic heterocycles. The predicted molar refractivity (Wildman–Crippen MR) is 172 cm³/mol. The van der Waals surface area contributed by atoms with E-state index < -0.39 is 11.9 Å². The van der Waals surface area contributed by atoms with Crippen molar-refractivity contribution in [3.63, 3.8) is 0 Å². The van der Waals surface area contributed by atoms with Gasteiger partial charge >= 0.3 is 5.97 Å². The molecule has 0 saturated heterocycles. The van der Waals surface area contributed by atoms with Crippen molar-refractivity contribution < 1.29 is 24.6 Å². The van der Waals surface area contributed by atoms with E-state index in [9.17, 15) is 24.6 Å². The lowest BCUT2D eigenvalue weighted by molar-refractivity contribution is -0.115. The number of nitrogens with one attached hydrogen (secondary N) is 1. The number of carboxylic acids is 1. The Hall–Kier alpha value is -3.35. The van der Waals surface area contributed by atoms with Gasteiger partial charge in [-0.1, -0.05) is 103 Å². The van der Waals surface area contributed by atoms with E-state index in [2.05, 4.69) is 12.2 Å². The van der Waals surface area contributed by atoms with Crippen molar-refractivity contribution in [2.45, 2.75) is 116 Å². The van der Waals surface area contributed by atoms with E-state index in [4.69, 9.17) is 0 Å². The summed E-state index contributed by atoms with van der Waals surface area (Å²) in [6.07, 6.45) is 20.6. The molecule has 2 rings (SSSR count). The lowest BCUT2D eigenvalue weighted by atomic mass is 10.0. The second-order valence-corrected chi connectivity index (χ2v) is 11.5. The van der Waals surface area contributed by atoms with Crippen LogP contribution in [0.1, 0.15) is 137 Å². The van der Waals surface area contributed by atoms with E-state index >= 15 is 0 Å². The van der Waals surface area contributed by atoms with Crippen LogP contribution in [-0.2, 0) is 4.79 Å². The Morgan fingerprint density at radius 3 is 1.67 bits per heavy atom. The number of ketones is 1. The van der Waals surface area contributed by atoms with Crippen LogP contribution in [0.2, 0.25) is 0 Å². The van der Waals surface area contributed by atoms with Crippen molar-refractivity contribution in [2.75, 3.05) is 23.8 Å². The first-order chi connectivity index (χ1) is 20.3. The summed E-state index contributed by atoms with van der Waals surface area (Å²) in [4.78, 5) is 38.7. The molecule has 0 radical (unpaired) electrons. The summed E-state index contributed by atoms with van der Waals surface area (Å²) in [5.74, 6) is -1.95. The second kappa shape index (κ2) is 20.5. The number of aromatic carboxylic acids is 1. The molecular weight excluding hydrogens is 528 g/mol. The van der Waals surface area contributed by atoms with E-state index in [0.717, 1.165) is 19.4 Å². The molecule has 42 heavy (non-hydrogen) atoms. The molecule has 0 aliphatic rings. The van der Waals surface area contributed by atoms with Crippen LogP contribution >= 0.6 is 0 Å². The zero-order chi connectivity index (χ0) is 30.6. The third-order valence-corrected chi connectivity index (χ3v) is 7.79. The van der Waals surface area contributed by atoms with Gasteiger partial charge in [0.25, 0.3) is 0 Å². The minimum atomic E-state index is -1.09. The van der Waals surface area contributed by atoms with Gasteiger partial charge in [0.1, 0.15) is 5.75 Å². The molecule has 0 bridgehead atoms. The maximum Gasteiger partial charge on any atom is 0.335 e. The summed E-state index contributed by atoms with van der Waals surface area (Å²) < 4.78 is 0. The van der Waals surface area contributed by atoms with Gasteiger partial charge in [-0.2, -0.15) is 0 Å². The molecular formula is C35H52N2O5. The van der Waals surface area contributed by atoms with Crippen molar-refractivity contribution in [3.05, 3.63) is 53.6 Å². The summed E-state index contributed by atoms with van der Waals surface area (Å²) in [6, 6.07) is 10.4. The lowest BCUT2D eigenvalue weighted by Gasteiger charge is -2.23. The highest BCUT2D eigenvalue weighted by Gasteiger charge is 2.17. The Morgan fingerprint density at radius 1 is 0.690 bits per heavy atom. The predicted octanol–water partition coefficient (Wildman–Crippen LogP) is 9.00. The molecule has 1 amide bonds. The van der Waals surface area contributed by atoms with Crippen LogP contribution in [0, 0.1) is 0 Å². The maximum atomic E-state index is 12.7. The number of carbonyl (C=O) groups excluding carboxylic acids is 2. The Kier molecular flexibility index (Phi) is 17.0. The highest BCUT2D eigenvalue weighted by molar-refractivity contribution is 6.12. The summed E-state index contributed by atoms with van der Waals surface area (Å²) >= 11 is 0. The van der Waals surface area contributed by atoms with E-state index in [-0.39, 0.29) is 23.5 Å². The maximum absolute atomic E-state index is 12.7. The van der Waals surface area contributed by atoms with Crippen molar-refractivity contribution in [1.29, 1.82) is 0 Å². The van der Waals surface area contributed by atoms with Gasteiger partial charge in [0.15, 0.2) is 5.78 Å². The van der Waals surface area contributed by atoms with Crippen LogP contribution < -0.4 is 10.2 Å². The van der Waals surface area contributed by atoms with Crippen molar-refractivity contribution in [1.82, 2.24) is 0 Å². The van der Waals surface area contributed by atoms with Gasteiger partial charge in [0, 0.05) is 19.2 Å². The zero-order valence-corrected chi connectivity index (χ0v) is 25.8. The summed E-state index contributed by atoms with van der Waals surface area (Å²) in [5, 5.41) is 21.6. The molecule has 0 aliphatic carbocycles. The van der Waals surface area contributed by atoms with Crippen molar-refractivity contribution >= 4 is 29.0 Å². The first-order valence-electron chi connectivity index (χ1n) is 16.0. The summed E-state index contributed by atoms with van der Waals surface area (Å²) in [5.41, 5.74) is 1.47. The topological polar surface area (TPSA) is 107 Å². The average molecular weight is 581 g/mol. The molecule has 0 fully saturated rings. The fraction of sp³-hybridized carbons (Fsp3) is 0.571. The molecule has 0 heterocycles. The van der Waals surface area contributed by atoms with Crippen LogP contribution in [0.5, 0.6) is 5.75 Å². The van der Waals surface area contributed by atoms with Crippen LogP contribution in [0.15, 0.2) is 42.5 Å². The van der Waals surface area contributed by atoms with Gasteiger partial charge in [0.05, 0.1) is 23.4 Å². The lowest BCUT2D eigenvalue weighted by Crippen LogP contribution is -2.23.